The van der Waals surface area contributed by atoms with Crippen molar-refractivity contribution >= 4 is 51.7 Å². The predicted molar refractivity (Wildman–Crippen MR) is 112 cm³/mol. The van der Waals surface area contributed by atoms with E-state index in [1.807, 2.05) is 6.07 Å². The summed E-state index contributed by atoms with van der Waals surface area (Å²) in [5.74, 6) is -0.451. The highest BCUT2D eigenvalue weighted by atomic mass is 35.5. The lowest BCUT2D eigenvalue weighted by Gasteiger charge is -2.03. The predicted octanol–water partition coefficient (Wildman–Crippen LogP) is 5.29. The molecule has 1 heterocycles. The van der Waals surface area contributed by atoms with E-state index in [2.05, 4.69) is 10.3 Å². The molecule has 3 rings (SSSR count). The van der Waals surface area contributed by atoms with Gasteiger partial charge in [-0.05, 0) is 47.5 Å². The number of nitriles is 1. The minimum atomic E-state index is -0.558. The standard InChI is InChI=1S/C20H13Cl2N3O2S/c21-15-3-6-18(22)13(8-15)9-17-11-24-20(28-17)25-19(27)14(10-23)7-12-1-4-16(26)5-2-12/h1-8,11,26H,9H2,(H,24,25,27)/b14-7+. The van der Waals surface area contributed by atoms with Gasteiger partial charge >= 0.3 is 0 Å². The SMILES string of the molecule is N#C/C(=C\c1ccc(O)cc1)C(=O)Nc1ncc(Cc2cc(Cl)ccc2Cl)s1. The van der Waals surface area contributed by atoms with Gasteiger partial charge in [0.05, 0.1) is 0 Å². The number of rotatable bonds is 5. The number of thiazole rings is 1. The van der Waals surface area contributed by atoms with E-state index in [9.17, 15) is 15.2 Å². The van der Waals surface area contributed by atoms with E-state index >= 15 is 0 Å². The van der Waals surface area contributed by atoms with Crippen molar-refractivity contribution in [2.45, 2.75) is 6.42 Å². The Morgan fingerprint density at radius 2 is 2.00 bits per heavy atom. The number of carbonyl (C=O) groups excluding carboxylic acids is 1. The van der Waals surface area contributed by atoms with Gasteiger partial charge in [0.2, 0.25) is 0 Å². The van der Waals surface area contributed by atoms with E-state index in [1.165, 1.54) is 29.5 Å². The minimum absolute atomic E-state index is 0.0691. The van der Waals surface area contributed by atoms with Crippen LogP contribution in [0.5, 0.6) is 5.75 Å². The van der Waals surface area contributed by atoms with Crippen molar-refractivity contribution in [2.24, 2.45) is 0 Å². The highest BCUT2D eigenvalue weighted by Gasteiger charge is 2.13. The van der Waals surface area contributed by atoms with E-state index < -0.39 is 5.91 Å². The van der Waals surface area contributed by atoms with Crippen LogP contribution in [0.15, 0.2) is 54.2 Å². The van der Waals surface area contributed by atoms with Gasteiger partial charge in [-0.15, -0.1) is 11.3 Å². The summed E-state index contributed by atoms with van der Waals surface area (Å²) in [5.41, 5.74) is 1.42. The number of amides is 1. The summed E-state index contributed by atoms with van der Waals surface area (Å²) in [6.07, 6.45) is 3.61. The molecule has 0 unspecified atom stereocenters. The number of anilines is 1. The Morgan fingerprint density at radius 1 is 1.25 bits per heavy atom. The molecule has 3 aromatic rings. The summed E-state index contributed by atoms with van der Waals surface area (Å²) in [5, 5.41) is 22.8. The number of halogens is 2. The van der Waals surface area contributed by atoms with E-state index in [-0.39, 0.29) is 11.3 Å². The Bertz CT molecular complexity index is 1090. The molecule has 140 valence electrons. The van der Waals surface area contributed by atoms with Crippen molar-refractivity contribution < 1.29 is 9.90 Å². The van der Waals surface area contributed by atoms with Crippen LogP contribution in [-0.4, -0.2) is 16.0 Å². The summed E-state index contributed by atoms with van der Waals surface area (Å²) in [6.45, 7) is 0. The maximum absolute atomic E-state index is 12.4. The van der Waals surface area contributed by atoms with Gasteiger partial charge in [-0.25, -0.2) is 4.98 Å². The molecular formula is C20H13Cl2N3O2S. The number of benzene rings is 2. The Labute approximate surface area is 175 Å². The first kappa shape index (κ1) is 19.9. The van der Waals surface area contributed by atoms with Crippen LogP contribution in [0.2, 0.25) is 10.0 Å². The van der Waals surface area contributed by atoms with Crippen molar-refractivity contribution in [1.29, 1.82) is 5.26 Å². The zero-order chi connectivity index (χ0) is 20.1. The normalized spacial score (nSPS) is 11.1. The molecule has 2 N–H and O–H groups in total. The second kappa shape index (κ2) is 8.89. The molecule has 0 aliphatic heterocycles. The fourth-order valence-corrected chi connectivity index (χ4v) is 3.57. The fourth-order valence-electron chi connectivity index (χ4n) is 2.36. The summed E-state index contributed by atoms with van der Waals surface area (Å²) in [6, 6.07) is 13.3. The van der Waals surface area contributed by atoms with Crippen LogP contribution in [0.25, 0.3) is 6.08 Å². The van der Waals surface area contributed by atoms with Crippen molar-refractivity contribution in [3.05, 3.63) is 80.3 Å². The molecule has 0 radical (unpaired) electrons. The first-order valence-corrected chi connectivity index (χ1v) is 9.62. The lowest BCUT2D eigenvalue weighted by Crippen LogP contribution is -2.13. The van der Waals surface area contributed by atoms with E-state index in [1.54, 1.807) is 36.5 Å². The van der Waals surface area contributed by atoms with Crippen LogP contribution < -0.4 is 5.32 Å². The number of hydrogen-bond acceptors (Lipinski definition) is 5. The van der Waals surface area contributed by atoms with Crippen molar-refractivity contribution in [1.82, 2.24) is 4.98 Å². The van der Waals surface area contributed by atoms with Crippen LogP contribution >= 0.6 is 34.5 Å². The molecule has 28 heavy (non-hydrogen) atoms. The quantitative estimate of drug-likeness (QED) is 0.425. The van der Waals surface area contributed by atoms with Gasteiger partial charge in [-0.1, -0.05) is 35.3 Å². The number of hydrogen-bond donors (Lipinski definition) is 2. The topological polar surface area (TPSA) is 86.0 Å². The Hall–Kier alpha value is -2.85. The average Bonchev–Trinajstić information content (AvgIpc) is 3.11. The van der Waals surface area contributed by atoms with Crippen molar-refractivity contribution in [3.8, 4) is 11.8 Å². The molecule has 0 spiro atoms. The summed E-state index contributed by atoms with van der Waals surface area (Å²) in [7, 11) is 0. The largest absolute Gasteiger partial charge is 0.508 e. The van der Waals surface area contributed by atoms with Gasteiger partial charge in [-0.2, -0.15) is 5.26 Å². The fraction of sp³-hybridized carbons (Fsp3) is 0.0500. The van der Waals surface area contributed by atoms with Gasteiger partial charge in [0.25, 0.3) is 5.91 Å². The van der Waals surface area contributed by atoms with Crippen LogP contribution in [0, 0.1) is 11.3 Å². The summed E-state index contributed by atoms with van der Waals surface area (Å²) < 4.78 is 0. The molecule has 2 aromatic carbocycles. The molecule has 5 nitrogen and oxygen atoms in total. The van der Waals surface area contributed by atoms with Gasteiger partial charge < -0.3 is 5.11 Å². The maximum atomic E-state index is 12.4. The minimum Gasteiger partial charge on any atom is -0.508 e. The Kier molecular flexibility index (Phi) is 6.32. The smallest absolute Gasteiger partial charge is 0.268 e. The van der Waals surface area contributed by atoms with Gasteiger partial charge in [0.1, 0.15) is 17.4 Å². The van der Waals surface area contributed by atoms with Crippen LogP contribution in [0.1, 0.15) is 16.0 Å². The first-order chi connectivity index (χ1) is 13.4. The highest BCUT2D eigenvalue weighted by Crippen LogP contribution is 2.27. The molecule has 0 bridgehead atoms. The second-order valence-corrected chi connectivity index (χ2v) is 7.72. The van der Waals surface area contributed by atoms with E-state index in [0.717, 1.165) is 10.4 Å². The Balaban J connectivity index is 1.71. The third-order valence-electron chi connectivity index (χ3n) is 3.72. The van der Waals surface area contributed by atoms with Gasteiger partial charge in [0, 0.05) is 27.5 Å². The Morgan fingerprint density at radius 3 is 2.71 bits per heavy atom. The average molecular weight is 430 g/mol. The number of nitrogens with zero attached hydrogens (tertiary/aromatic N) is 2. The van der Waals surface area contributed by atoms with Crippen molar-refractivity contribution in [2.75, 3.05) is 5.32 Å². The van der Waals surface area contributed by atoms with Crippen LogP contribution in [0.4, 0.5) is 5.13 Å². The van der Waals surface area contributed by atoms with Crippen LogP contribution in [-0.2, 0) is 11.2 Å². The molecule has 0 atom stereocenters. The number of phenols is 1. The lowest BCUT2D eigenvalue weighted by atomic mass is 10.1. The molecular weight excluding hydrogens is 417 g/mol. The zero-order valence-corrected chi connectivity index (χ0v) is 16.6. The number of aromatic nitrogens is 1. The van der Waals surface area contributed by atoms with E-state index in [4.69, 9.17) is 23.2 Å². The maximum Gasteiger partial charge on any atom is 0.268 e. The lowest BCUT2D eigenvalue weighted by molar-refractivity contribution is -0.112. The second-order valence-electron chi connectivity index (χ2n) is 5.76. The molecule has 0 aliphatic rings. The third kappa shape index (κ3) is 5.11. The van der Waals surface area contributed by atoms with Gasteiger partial charge in [0.15, 0.2) is 5.13 Å². The van der Waals surface area contributed by atoms with Crippen molar-refractivity contribution in [3.63, 3.8) is 0 Å². The van der Waals surface area contributed by atoms with Gasteiger partial charge in [-0.3, -0.25) is 10.1 Å². The van der Waals surface area contributed by atoms with Crippen LogP contribution in [0.3, 0.4) is 0 Å². The highest BCUT2D eigenvalue weighted by molar-refractivity contribution is 7.15. The first-order valence-electron chi connectivity index (χ1n) is 8.05. The summed E-state index contributed by atoms with van der Waals surface area (Å²) in [4.78, 5) is 17.4. The molecule has 1 aromatic heterocycles. The molecule has 0 saturated heterocycles. The number of carbonyl (C=O) groups is 1. The number of nitrogens with one attached hydrogen (secondary N) is 1. The van der Waals surface area contributed by atoms with E-state index in [0.29, 0.717) is 27.2 Å². The molecule has 8 heteroatoms. The number of aromatic hydroxyl groups is 1. The molecule has 0 saturated carbocycles. The zero-order valence-electron chi connectivity index (χ0n) is 14.3. The molecule has 1 amide bonds. The molecule has 0 aliphatic carbocycles. The molecule has 0 fully saturated rings. The number of phenolic OH excluding ortho intramolecular Hbond substituents is 1. The third-order valence-corrected chi connectivity index (χ3v) is 5.23. The summed E-state index contributed by atoms with van der Waals surface area (Å²) >= 11 is 13.5. The monoisotopic (exact) mass is 429 g/mol.